The molecule has 0 atom stereocenters. The van der Waals surface area contributed by atoms with E-state index in [1.54, 1.807) is 0 Å². The summed E-state index contributed by atoms with van der Waals surface area (Å²) in [6, 6.07) is 51.4. The first-order valence-corrected chi connectivity index (χ1v) is 13.5. The van der Waals surface area contributed by atoms with Crippen LogP contribution in [0.15, 0.2) is 140 Å². The fraction of sp³-hybridized carbons (Fsp3) is 0.0263. The molecule has 6 aromatic carbocycles. The third kappa shape index (κ3) is 3.04. The molecule has 2 aliphatic rings. The lowest BCUT2D eigenvalue weighted by atomic mass is 9.62. The second-order valence-corrected chi connectivity index (χ2v) is 10.4. The van der Waals surface area contributed by atoms with Crippen molar-refractivity contribution < 1.29 is 4.74 Å². The van der Waals surface area contributed by atoms with Crippen LogP contribution in [0.3, 0.4) is 0 Å². The Morgan fingerprint density at radius 1 is 0.450 bits per heavy atom. The minimum Gasteiger partial charge on any atom is -0.457 e. The Hall–Kier alpha value is -5.39. The number of para-hydroxylation sites is 2. The summed E-state index contributed by atoms with van der Waals surface area (Å²) in [5.74, 6) is 1.74. The summed E-state index contributed by atoms with van der Waals surface area (Å²) < 4.78 is 6.56. The Kier molecular flexibility index (Phi) is 4.83. The van der Waals surface area contributed by atoms with Gasteiger partial charge in [0.05, 0.1) is 17.0 Å². The van der Waals surface area contributed by atoms with Gasteiger partial charge in [0.25, 0.3) is 0 Å². The van der Waals surface area contributed by atoms with Crippen LogP contribution in [-0.4, -0.2) is 0 Å². The number of nitriles is 1. The quantitative estimate of drug-likeness (QED) is 0.221. The molecule has 40 heavy (non-hydrogen) atoms. The molecule has 0 bridgehead atoms. The van der Waals surface area contributed by atoms with E-state index in [2.05, 4.69) is 109 Å². The molecule has 0 unspecified atom stereocenters. The molecule has 8 rings (SSSR count). The van der Waals surface area contributed by atoms with Crippen LogP contribution < -0.4 is 4.74 Å². The van der Waals surface area contributed by atoms with Crippen molar-refractivity contribution in [1.29, 1.82) is 5.26 Å². The highest BCUT2D eigenvalue weighted by molar-refractivity contribution is 5.94. The van der Waals surface area contributed by atoms with E-state index >= 15 is 0 Å². The molecule has 186 valence electrons. The first-order chi connectivity index (χ1) is 19.8. The van der Waals surface area contributed by atoms with Gasteiger partial charge in [-0.3, -0.25) is 0 Å². The van der Waals surface area contributed by atoms with E-state index in [1.165, 1.54) is 33.4 Å². The number of ether oxygens (including phenoxy) is 1. The molecule has 2 heteroatoms. The summed E-state index contributed by atoms with van der Waals surface area (Å²) >= 11 is 0. The van der Waals surface area contributed by atoms with Gasteiger partial charge in [0.2, 0.25) is 0 Å². The summed E-state index contributed by atoms with van der Waals surface area (Å²) in [7, 11) is 0. The van der Waals surface area contributed by atoms with Crippen LogP contribution in [0.25, 0.3) is 33.4 Å². The zero-order valence-corrected chi connectivity index (χ0v) is 21.6. The van der Waals surface area contributed by atoms with Crippen molar-refractivity contribution in [3.8, 4) is 50.9 Å². The van der Waals surface area contributed by atoms with Crippen molar-refractivity contribution in [2.75, 3.05) is 0 Å². The van der Waals surface area contributed by atoms with Crippen LogP contribution in [0, 0.1) is 11.3 Å². The summed E-state index contributed by atoms with van der Waals surface area (Å²) in [4.78, 5) is 0. The topological polar surface area (TPSA) is 33.0 Å². The molecule has 1 spiro atoms. The maximum atomic E-state index is 9.36. The Morgan fingerprint density at radius 2 is 0.950 bits per heavy atom. The van der Waals surface area contributed by atoms with Gasteiger partial charge in [0, 0.05) is 11.1 Å². The fourth-order valence-corrected chi connectivity index (χ4v) is 6.72. The summed E-state index contributed by atoms with van der Waals surface area (Å²) in [6.45, 7) is 0. The van der Waals surface area contributed by atoms with Crippen molar-refractivity contribution in [2.24, 2.45) is 0 Å². The molecular formula is C38H23NO. The molecule has 0 radical (unpaired) electrons. The minimum atomic E-state index is -0.612. The Balaban J connectivity index is 1.57. The van der Waals surface area contributed by atoms with E-state index in [0.29, 0.717) is 5.56 Å². The third-order valence-corrected chi connectivity index (χ3v) is 8.41. The fourth-order valence-electron chi connectivity index (χ4n) is 6.72. The zero-order chi connectivity index (χ0) is 26.7. The molecule has 0 saturated carbocycles. The number of benzene rings is 6. The van der Waals surface area contributed by atoms with Gasteiger partial charge < -0.3 is 4.74 Å². The second-order valence-electron chi connectivity index (χ2n) is 10.4. The summed E-state index contributed by atoms with van der Waals surface area (Å²) in [5.41, 5.74) is 11.8. The average Bonchev–Trinajstić information content (AvgIpc) is 3.13. The Morgan fingerprint density at radius 3 is 1.57 bits per heavy atom. The lowest BCUT2D eigenvalue weighted by Crippen LogP contribution is -2.34. The molecule has 0 saturated heterocycles. The van der Waals surface area contributed by atoms with Crippen molar-refractivity contribution in [3.63, 3.8) is 0 Å². The maximum Gasteiger partial charge on any atom is 0.132 e. The second kappa shape index (κ2) is 8.56. The molecule has 0 N–H and O–H groups in total. The molecule has 1 heterocycles. The van der Waals surface area contributed by atoms with Crippen LogP contribution >= 0.6 is 0 Å². The SMILES string of the molecule is N#Cc1ccc(-c2ccc3c(c2)C2(c4ccccc4Oc4ccccc42)c2ccccc2-c2ccccc2-3)cc1. The molecular weight excluding hydrogens is 486 g/mol. The third-order valence-electron chi connectivity index (χ3n) is 8.41. The molecule has 1 aliphatic carbocycles. The van der Waals surface area contributed by atoms with Crippen LogP contribution in [0.2, 0.25) is 0 Å². The first-order valence-electron chi connectivity index (χ1n) is 13.5. The predicted octanol–water partition coefficient (Wildman–Crippen LogP) is 9.36. The highest BCUT2D eigenvalue weighted by atomic mass is 16.5. The van der Waals surface area contributed by atoms with Gasteiger partial charge in [-0.2, -0.15) is 5.26 Å². The van der Waals surface area contributed by atoms with Crippen molar-refractivity contribution in [2.45, 2.75) is 5.41 Å². The molecule has 0 fully saturated rings. The van der Waals surface area contributed by atoms with Crippen molar-refractivity contribution in [1.82, 2.24) is 0 Å². The molecule has 6 aromatic rings. The molecule has 2 nitrogen and oxygen atoms in total. The summed E-state index contributed by atoms with van der Waals surface area (Å²) in [5, 5.41) is 9.36. The molecule has 0 aromatic heterocycles. The Labute approximate surface area is 233 Å². The van der Waals surface area contributed by atoms with E-state index in [0.717, 1.165) is 33.8 Å². The monoisotopic (exact) mass is 509 g/mol. The number of nitrogens with zero attached hydrogens (tertiary/aromatic N) is 1. The van der Waals surface area contributed by atoms with Gasteiger partial charge in [-0.15, -0.1) is 0 Å². The predicted molar refractivity (Wildman–Crippen MR) is 159 cm³/mol. The zero-order valence-electron chi connectivity index (χ0n) is 21.6. The average molecular weight is 510 g/mol. The number of hydrogen-bond donors (Lipinski definition) is 0. The molecule has 1 aliphatic heterocycles. The van der Waals surface area contributed by atoms with Gasteiger partial charge in [0.15, 0.2) is 0 Å². The number of hydrogen-bond acceptors (Lipinski definition) is 2. The highest BCUT2D eigenvalue weighted by Crippen LogP contribution is 2.60. The van der Waals surface area contributed by atoms with E-state index in [-0.39, 0.29) is 0 Å². The largest absolute Gasteiger partial charge is 0.457 e. The lowest BCUT2D eigenvalue weighted by Gasteiger charge is -2.42. The van der Waals surface area contributed by atoms with Crippen molar-refractivity contribution >= 4 is 0 Å². The van der Waals surface area contributed by atoms with E-state index in [1.807, 2.05) is 36.4 Å². The number of fused-ring (bicyclic) bond motifs is 11. The number of rotatable bonds is 1. The van der Waals surface area contributed by atoms with Gasteiger partial charge >= 0.3 is 0 Å². The summed E-state index contributed by atoms with van der Waals surface area (Å²) in [6.07, 6.45) is 0. The van der Waals surface area contributed by atoms with E-state index < -0.39 is 5.41 Å². The Bertz CT molecular complexity index is 1950. The minimum absolute atomic E-state index is 0.612. The van der Waals surface area contributed by atoms with Gasteiger partial charge in [-0.05, 0) is 74.8 Å². The smallest absolute Gasteiger partial charge is 0.132 e. The normalized spacial score (nSPS) is 13.4. The van der Waals surface area contributed by atoms with E-state index in [4.69, 9.17) is 4.74 Å². The van der Waals surface area contributed by atoms with Gasteiger partial charge in [0.1, 0.15) is 11.5 Å². The molecule has 0 amide bonds. The first kappa shape index (κ1) is 22.6. The van der Waals surface area contributed by atoms with Gasteiger partial charge in [-0.25, -0.2) is 0 Å². The van der Waals surface area contributed by atoms with Crippen LogP contribution in [0.5, 0.6) is 11.5 Å². The van der Waals surface area contributed by atoms with Crippen molar-refractivity contribution in [3.05, 3.63) is 167 Å². The standard InChI is InChI=1S/C38H23NO/c39-24-25-17-19-26(20-18-25)27-21-22-31-29-10-2-1-9-28(29)30-11-3-4-12-32(30)38(35(31)23-27)33-13-5-7-15-36(33)40-37-16-8-6-14-34(37)38/h1-23H. The highest BCUT2D eigenvalue weighted by Gasteiger charge is 2.49. The maximum absolute atomic E-state index is 9.36. The van der Waals surface area contributed by atoms with Crippen LogP contribution in [0.1, 0.15) is 27.8 Å². The van der Waals surface area contributed by atoms with Gasteiger partial charge in [-0.1, -0.05) is 109 Å². The van der Waals surface area contributed by atoms with Crippen LogP contribution in [-0.2, 0) is 5.41 Å². The van der Waals surface area contributed by atoms with E-state index in [9.17, 15) is 5.26 Å². The lowest BCUT2D eigenvalue weighted by molar-refractivity contribution is 0.435. The van der Waals surface area contributed by atoms with Crippen LogP contribution in [0.4, 0.5) is 0 Å².